The molecule has 0 aromatic heterocycles. The molecule has 1 saturated heterocycles. The van der Waals surface area contributed by atoms with Crippen molar-refractivity contribution in [1.29, 1.82) is 0 Å². The van der Waals surface area contributed by atoms with Crippen molar-refractivity contribution in [2.75, 3.05) is 19.9 Å². The number of carbonyl (C=O) groups is 1. The fourth-order valence-electron chi connectivity index (χ4n) is 3.12. The average molecular weight is 311 g/mol. The summed E-state index contributed by atoms with van der Waals surface area (Å²) in [6, 6.07) is 17.5. The van der Waals surface area contributed by atoms with E-state index in [-0.39, 0.29) is 12.7 Å². The Morgan fingerprint density at radius 1 is 1.09 bits per heavy atom. The zero-order valence-corrected chi connectivity index (χ0v) is 13.0. The van der Waals surface area contributed by atoms with Crippen LogP contribution >= 0.6 is 0 Å². The lowest BCUT2D eigenvalue weighted by molar-refractivity contribution is 0.0709. The van der Waals surface area contributed by atoms with Crippen molar-refractivity contribution in [1.82, 2.24) is 4.90 Å². The largest absolute Gasteiger partial charge is 0.468 e. The van der Waals surface area contributed by atoms with Crippen molar-refractivity contribution in [3.63, 3.8) is 0 Å². The first kappa shape index (κ1) is 15.6. The fraction of sp³-hybridized carbons (Fsp3) is 0.316. The van der Waals surface area contributed by atoms with Gasteiger partial charge >= 0.3 is 0 Å². The molecule has 1 heterocycles. The molecule has 2 aromatic carbocycles. The first-order chi connectivity index (χ1) is 11.3. The topological polar surface area (TPSA) is 49.8 Å². The number of hydrogen-bond acceptors (Lipinski definition) is 3. The number of amides is 1. The van der Waals surface area contributed by atoms with E-state index in [0.717, 1.165) is 25.9 Å². The van der Waals surface area contributed by atoms with Crippen molar-refractivity contribution in [2.45, 2.75) is 18.8 Å². The quantitative estimate of drug-likeness (QED) is 0.883. The number of nitrogens with zero attached hydrogens (tertiary/aromatic N) is 1. The number of likely N-dealkylation sites (tertiary alicyclic amines) is 1. The highest BCUT2D eigenvalue weighted by molar-refractivity contribution is 5.94. The molecule has 0 saturated carbocycles. The molecule has 0 bridgehead atoms. The van der Waals surface area contributed by atoms with Crippen LogP contribution in [0.15, 0.2) is 54.6 Å². The minimum atomic E-state index is -0.389. The van der Waals surface area contributed by atoms with E-state index < -0.39 is 0 Å². The summed E-state index contributed by atoms with van der Waals surface area (Å²) in [5.74, 6) is 1.07. The van der Waals surface area contributed by atoms with Crippen molar-refractivity contribution < 1.29 is 14.6 Å². The van der Waals surface area contributed by atoms with E-state index in [2.05, 4.69) is 24.3 Å². The van der Waals surface area contributed by atoms with Crippen molar-refractivity contribution >= 4 is 5.91 Å². The predicted octanol–water partition coefficient (Wildman–Crippen LogP) is 3.04. The smallest absolute Gasteiger partial charge is 0.253 e. The van der Waals surface area contributed by atoms with Crippen LogP contribution in [-0.2, 0) is 0 Å². The standard InChI is InChI=1S/C19H21NO3/c21-14-23-18-8-4-7-17(13-18)19(22)20-11-9-16(10-12-20)15-5-2-1-3-6-15/h1-8,13,16,21H,9-12,14H2. The molecule has 0 unspecified atom stereocenters. The van der Waals surface area contributed by atoms with Gasteiger partial charge in [0.2, 0.25) is 0 Å². The highest BCUT2D eigenvalue weighted by Crippen LogP contribution is 2.28. The van der Waals surface area contributed by atoms with Crippen LogP contribution in [0.3, 0.4) is 0 Å². The third-order valence-corrected chi connectivity index (χ3v) is 4.37. The molecule has 1 aliphatic rings. The zero-order valence-electron chi connectivity index (χ0n) is 13.0. The number of aliphatic hydroxyl groups is 1. The Morgan fingerprint density at radius 3 is 2.52 bits per heavy atom. The predicted molar refractivity (Wildman–Crippen MR) is 88.5 cm³/mol. The minimum absolute atomic E-state index is 0.0277. The molecular formula is C19H21NO3. The van der Waals surface area contributed by atoms with Gasteiger partial charge in [0.05, 0.1) is 0 Å². The Kier molecular flexibility index (Phi) is 4.93. The Balaban J connectivity index is 1.63. The molecular weight excluding hydrogens is 290 g/mol. The Labute approximate surface area is 136 Å². The second kappa shape index (κ2) is 7.29. The third-order valence-electron chi connectivity index (χ3n) is 4.37. The van der Waals surface area contributed by atoms with Gasteiger partial charge in [-0.1, -0.05) is 36.4 Å². The SMILES string of the molecule is O=C(c1cccc(OCO)c1)N1CCC(c2ccccc2)CC1. The Bertz CT molecular complexity index is 649. The van der Waals surface area contributed by atoms with Crippen LogP contribution in [0.4, 0.5) is 0 Å². The number of benzene rings is 2. The van der Waals surface area contributed by atoms with Crippen molar-refractivity contribution in [3.05, 3.63) is 65.7 Å². The first-order valence-electron chi connectivity index (χ1n) is 7.96. The second-order valence-corrected chi connectivity index (χ2v) is 5.78. The molecule has 3 rings (SSSR count). The van der Waals surface area contributed by atoms with Crippen LogP contribution in [-0.4, -0.2) is 35.8 Å². The van der Waals surface area contributed by atoms with Gasteiger partial charge in [-0.2, -0.15) is 0 Å². The summed E-state index contributed by atoms with van der Waals surface area (Å²) in [6.07, 6.45) is 1.98. The lowest BCUT2D eigenvalue weighted by atomic mass is 9.89. The van der Waals surface area contributed by atoms with Crippen LogP contribution in [0.5, 0.6) is 5.75 Å². The van der Waals surface area contributed by atoms with Gasteiger partial charge < -0.3 is 14.7 Å². The average Bonchev–Trinajstić information content (AvgIpc) is 2.62. The van der Waals surface area contributed by atoms with Gasteiger partial charge in [0.15, 0.2) is 6.79 Å². The van der Waals surface area contributed by atoms with E-state index in [9.17, 15) is 4.79 Å². The van der Waals surface area contributed by atoms with E-state index in [1.165, 1.54) is 5.56 Å². The lowest BCUT2D eigenvalue weighted by Gasteiger charge is -2.32. The van der Waals surface area contributed by atoms with Gasteiger partial charge in [-0.25, -0.2) is 0 Å². The van der Waals surface area contributed by atoms with Crippen LogP contribution < -0.4 is 4.74 Å². The molecule has 1 aliphatic heterocycles. The van der Waals surface area contributed by atoms with Crippen molar-refractivity contribution in [2.24, 2.45) is 0 Å². The van der Waals surface area contributed by atoms with Crippen LogP contribution in [0.25, 0.3) is 0 Å². The third kappa shape index (κ3) is 3.71. The number of ether oxygens (including phenoxy) is 1. The maximum atomic E-state index is 12.6. The molecule has 0 atom stereocenters. The number of hydrogen-bond donors (Lipinski definition) is 1. The van der Waals surface area contributed by atoms with E-state index >= 15 is 0 Å². The Morgan fingerprint density at radius 2 is 1.83 bits per heavy atom. The van der Waals surface area contributed by atoms with Gasteiger partial charge in [0.1, 0.15) is 5.75 Å². The number of carbonyl (C=O) groups excluding carboxylic acids is 1. The van der Waals surface area contributed by atoms with E-state index in [1.807, 2.05) is 11.0 Å². The summed E-state index contributed by atoms with van der Waals surface area (Å²) in [5, 5.41) is 8.82. The molecule has 4 nitrogen and oxygen atoms in total. The summed E-state index contributed by atoms with van der Waals surface area (Å²) in [7, 11) is 0. The maximum absolute atomic E-state index is 12.6. The number of aliphatic hydroxyl groups excluding tert-OH is 1. The normalized spacial score (nSPS) is 15.4. The first-order valence-corrected chi connectivity index (χ1v) is 7.96. The van der Waals surface area contributed by atoms with Gasteiger partial charge in [-0.3, -0.25) is 4.79 Å². The molecule has 0 aliphatic carbocycles. The fourth-order valence-corrected chi connectivity index (χ4v) is 3.12. The number of piperidine rings is 1. The zero-order chi connectivity index (χ0) is 16.1. The molecule has 0 radical (unpaired) electrons. The van der Waals surface area contributed by atoms with Gasteiger partial charge in [-0.15, -0.1) is 0 Å². The second-order valence-electron chi connectivity index (χ2n) is 5.78. The van der Waals surface area contributed by atoms with Crippen molar-refractivity contribution in [3.8, 4) is 5.75 Å². The van der Waals surface area contributed by atoms with Crippen LogP contribution in [0.1, 0.15) is 34.7 Å². The summed E-state index contributed by atoms with van der Waals surface area (Å²) >= 11 is 0. The highest BCUT2D eigenvalue weighted by Gasteiger charge is 2.24. The summed E-state index contributed by atoms with van der Waals surface area (Å²) in [6.45, 7) is 1.15. The van der Waals surface area contributed by atoms with E-state index in [0.29, 0.717) is 17.2 Å². The number of rotatable bonds is 4. The molecule has 4 heteroatoms. The molecule has 23 heavy (non-hydrogen) atoms. The summed E-state index contributed by atoms with van der Waals surface area (Å²) in [4.78, 5) is 14.5. The van der Waals surface area contributed by atoms with Crippen LogP contribution in [0.2, 0.25) is 0 Å². The highest BCUT2D eigenvalue weighted by atomic mass is 16.6. The van der Waals surface area contributed by atoms with Gasteiger partial charge in [-0.05, 0) is 42.5 Å². The van der Waals surface area contributed by atoms with Gasteiger partial charge in [0, 0.05) is 18.7 Å². The molecule has 1 fully saturated rings. The Hall–Kier alpha value is -2.33. The maximum Gasteiger partial charge on any atom is 0.253 e. The van der Waals surface area contributed by atoms with Gasteiger partial charge in [0.25, 0.3) is 5.91 Å². The van der Waals surface area contributed by atoms with E-state index in [1.54, 1.807) is 24.3 Å². The molecule has 2 aromatic rings. The van der Waals surface area contributed by atoms with E-state index in [4.69, 9.17) is 9.84 Å². The summed E-state index contributed by atoms with van der Waals surface area (Å²) in [5.41, 5.74) is 1.96. The monoisotopic (exact) mass is 311 g/mol. The molecule has 1 N–H and O–H groups in total. The molecule has 1 amide bonds. The summed E-state index contributed by atoms with van der Waals surface area (Å²) < 4.78 is 5.04. The molecule has 120 valence electrons. The minimum Gasteiger partial charge on any atom is -0.468 e. The van der Waals surface area contributed by atoms with Crippen LogP contribution in [0, 0.1) is 0 Å². The molecule has 0 spiro atoms. The lowest BCUT2D eigenvalue weighted by Crippen LogP contribution is -2.37.